The van der Waals surface area contributed by atoms with Crippen LogP contribution in [0.2, 0.25) is 0 Å². The lowest BCUT2D eigenvalue weighted by Crippen LogP contribution is -2.44. The number of nitrogens with zero attached hydrogens (tertiary/aromatic N) is 1. The van der Waals surface area contributed by atoms with Gasteiger partial charge in [0.05, 0.1) is 10.4 Å². The normalized spacial score (nSPS) is 19.0. The van der Waals surface area contributed by atoms with Crippen molar-refractivity contribution in [3.8, 4) is 0 Å². The lowest BCUT2D eigenvalue weighted by Gasteiger charge is -2.26. The van der Waals surface area contributed by atoms with Crippen LogP contribution in [-0.2, 0) is 14.3 Å². The number of rotatable bonds is 6. The van der Waals surface area contributed by atoms with Crippen molar-refractivity contribution in [1.82, 2.24) is 10.6 Å². The molecule has 0 aromatic heterocycles. The number of halogens is 1. The maximum Gasteiger partial charge on any atom is 0.253 e. The summed E-state index contributed by atoms with van der Waals surface area (Å²) in [5.74, 6) is -0.637. The van der Waals surface area contributed by atoms with E-state index in [4.69, 9.17) is 10.5 Å². The minimum atomic E-state index is -0.655. The Balaban J connectivity index is 2.98. The van der Waals surface area contributed by atoms with Gasteiger partial charge in [-0.1, -0.05) is 15.9 Å². The van der Waals surface area contributed by atoms with Crippen molar-refractivity contribution in [2.24, 2.45) is 10.7 Å². The van der Waals surface area contributed by atoms with Crippen LogP contribution in [-0.4, -0.2) is 49.2 Å². The van der Waals surface area contributed by atoms with Crippen molar-refractivity contribution in [1.29, 1.82) is 0 Å². The first-order valence-electron chi connectivity index (χ1n) is 6.71. The molecule has 1 fully saturated rings. The van der Waals surface area contributed by atoms with Crippen molar-refractivity contribution >= 4 is 34.0 Å². The van der Waals surface area contributed by atoms with Crippen LogP contribution >= 0.6 is 15.9 Å². The molecular formula is C13H21BrN4O3. The summed E-state index contributed by atoms with van der Waals surface area (Å²) in [6, 6.07) is 0.110. The maximum atomic E-state index is 11.9. The standard InChI is InChI=1S/C13H21BrN4O3/c1-8(14)13(20)18-12(10(7-16-2)11(15)19)17-9-3-5-21-6-4-9/h7-9,17H,3-6H2,1-2H3,(H2,15,19)(H,18,20)/b12-10-,16-7?. The van der Waals surface area contributed by atoms with Gasteiger partial charge in [0.1, 0.15) is 5.82 Å². The molecule has 2 amide bonds. The number of carbonyl (C=O) groups is 2. The highest BCUT2D eigenvalue weighted by Gasteiger charge is 2.21. The second kappa shape index (κ2) is 8.78. The fraction of sp³-hybridized carbons (Fsp3) is 0.615. The lowest BCUT2D eigenvalue weighted by molar-refractivity contribution is -0.119. The number of aliphatic imine (C=N–C) groups is 1. The largest absolute Gasteiger partial charge is 0.381 e. The number of primary amides is 1. The molecule has 0 aliphatic carbocycles. The Labute approximate surface area is 132 Å². The summed E-state index contributed by atoms with van der Waals surface area (Å²) in [7, 11) is 1.53. The van der Waals surface area contributed by atoms with Crippen LogP contribution in [0.1, 0.15) is 19.8 Å². The van der Waals surface area contributed by atoms with Crippen molar-refractivity contribution < 1.29 is 14.3 Å². The highest BCUT2D eigenvalue weighted by Crippen LogP contribution is 2.10. The molecule has 8 heteroatoms. The molecule has 1 heterocycles. The lowest BCUT2D eigenvalue weighted by atomic mass is 10.1. The second-order valence-electron chi connectivity index (χ2n) is 4.68. The molecule has 0 bridgehead atoms. The van der Waals surface area contributed by atoms with E-state index in [0.717, 1.165) is 12.8 Å². The van der Waals surface area contributed by atoms with E-state index in [-0.39, 0.29) is 23.3 Å². The molecule has 118 valence electrons. The Bertz CT molecular complexity index is 443. The molecule has 1 aliphatic rings. The van der Waals surface area contributed by atoms with Crippen molar-refractivity contribution in [3.63, 3.8) is 0 Å². The smallest absolute Gasteiger partial charge is 0.253 e. The van der Waals surface area contributed by atoms with Crippen LogP contribution in [0.25, 0.3) is 0 Å². The summed E-state index contributed by atoms with van der Waals surface area (Å²) >= 11 is 3.19. The Kier molecular flexibility index (Phi) is 7.38. The van der Waals surface area contributed by atoms with E-state index in [0.29, 0.717) is 13.2 Å². The van der Waals surface area contributed by atoms with Crippen LogP contribution < -0.4 is 16.4 Å². The van der Waals surface area contributed by atoms with Crippen molar-refractivity contribution in [2.45, 2.75) is 30.6 Å². The number of nitrogens with one attached hydrogen (secondary N) is 2. The quantitative estimate of drug-likeness (QED) is 0.353. The molecule has 0 radical (unpaired) electrons. The second-order valence-corrected chi connectivity index (χ2v) is 6.05. The molecule has 0 spiro atoms. The van der Waals surface area contributed by atoms with Crippen LogP contribution in [0, 0.1) is 0 Å². The van der Waals surface area contributed by atoms with E-state index in [1.54, 1.807) is 6.92 Å². The third-order valence-electron chi connectivity index (χ3n) is 2.97. The van der Waals surface area contributed by atoms with Crippen LogP contribution in [0.4, 0.5) is 0 Å². The van der Waals surface area contributed by atoms with Gasteiger partial charge in [0.15, 0.2) is 0 Å². The Hall–Kier alpha value is -1.41. The van der Waals surface area contributed by atoms with Gasteiger partial charge in [-0.2, -0.15) is 0 Å². The molecule has 4 N–H and O–H groups in total. The summed E-state index contributed by atoms with van der Waals surface area (Å²) in [5, 5.41) is 5.84. The van der Waals surface area contributed by atoms with Gasteiger partial charge < -0.3 is 21.1 Å². The minimum absolute atomic E-state index is 0.110. The summed E-state index contributed by atoms with van der Waals surface area (Å²) in [6.07, 6.45) is 2.92. The van der Waals surface area contributed by atoms with Gasteiger partial charge in [-0.3, -0.25) is 14.6 Å². The van der Waals surface area contributed by atoms with E-state index in [1.165, 1.54) is 13.3 Å². The Morgan fingerprint density at radius 3 is 2.52 bits per heavy atom. The van der Waals surface area contributed by atoms with Crippen LogP contribution in [0.15, 0.2) is 16.4 Å². The number of hydrogen-bond acceptors (Lipinski definition) is 5. The summed E-state index contributed by atoms with van der Waals surface area (Å²) < 4.78 is 5.29. The van der Waals surface area contributed by atoms with Gasteiger partial charge in [0, 0.05) is 32.5 Å². The average Bonchev–Trinajstić information content (AvgIpc) is 2.44. The Morgan fingerprint density at radius 2 is 2.05 bits per heavy atom. The third kappa shape index (κ3) is 5.84. The number of hydrogen-bond donors (Lipinski definition) is 3. The van der Waals surface area contributed by atoms with Gasteiger partial charge in [0.2, 0.25) is 5.91 Å². The van der Waals surface area contributed by atoms with E-state index in [1.807, 2.05) is 0 Å². The van der Waals surface area contributed by atoms with Gasteiger partial charge in [-0.05, 0) is 19.8 Å². The Morgan fingerprint density at radius 1 is 1.43 bits per heavy atom. The number of nitrogens with two attached hydrogens (primary N) is 1. The van der Waals surface area contributed by atoms with Crippen LogP contribution in [0.3, 0.4) is 0 Å². The summed E-state index contributed by atoms with van der Waals surface area (Å²) in [4.78, 5) is 26.9. The average molecular weight is 361 g/mol. The zero-order chi connectivity index (χ0) is 15.8. The van der Waals surface area contributed by atoms with Crippen molar-refractivity contribution in [2.75, 3.05) is 20.3 Å². The predicted octanol–water partition coefficient (Wildman–Crippen LogP) is 0.0521. The molecule has 0 aromatic carbocycles. The molecule has 21 heavy (non-hydrogen) atoms. The molecule has 0 saturated carbocycles. The molecule has 1 rings (SSSR count). The fourth-order valence-electron chi connectivity index (χ4n) is 1.83. The van der Waals surface area contributed by atoms with Gasteiger partial charge in [0.25, 0.3) is 5.91 Å². The first-order chi connectivity index (χ1) is 9.95. The van der Waals surface area contributed by atoms with E-state index >= 15 is 0 Å². The fourth-order valence-corrected chi connectivity index (χ4v) is 1.94. The van der Waals surface area contributed by atoms with Gasteiger partial charge >= 0.3 is 0 Å². The predicted molar refractivity (Wildman–Crippen MR) is 84.1 cm³/mol. The molecule has 1 unspecified atom stereocenters. The number of alkyl halides is 1. The molecule has 7 nitrogen and oxygen atoms in total. The zero-order valence-electron chi connectivity index (χ0n) is 12.2. The molecule has 1 atom stereocenters. The van der Waals surface area contributed by atoms with Gasteiger partial charge in [-0.15, -0.1) is 0 Å². The molecular weight excluding hydrogens is 340 g/mol. The first-order valence-corrected chi connectivity index (χ1v) is 7.62. The van der Waals surface area contributed by atoms with E-state index in [2.05, 4.69) is 31.6 Å². The zero-order valence-corrected chi connectivity index (χ0v) is 13.8. The minimum Gasteiger partial charge on any atom is -0.381 e. The first kappa shape index (κ1) is 17.6. The molecule has 1 saturated heterocycles. The topological polar surface area (TPSA) is 106 Å². The summed E-state index contributed by atoms with van der Waals surface area (Å²) in [6.45, 7) is 2.97. The SMILES string of the molecule is CN=C/C(C(N)=O)=C(/NC(=O)C(C)Br)NC1CCOCC1. The highest BCUT2D eigenvalue weighted by molar-refractivity contribution is 9.10. The monoisotopic (exact) mass is 360 g/mol. The van der Waals surface area contributed by atoms with E-state index < -0.39 is 10.7 Å². The summed E-state index contributed by atoms with van der Waals surface area (Å²) in [5.41, 5.74) is 5.51. The maximum absolute atomic E-state index is 11.9. The molecule has 1 aliphatic heterocycles. The van der Waals surface area contributed by atoms with E-state index in [9.17, 15) is 9.59 Å². The number of amides is 2. The number of ether oxygens (including phenoxy) is 1. The van der Waals surface area contributed by atoms with Crippen molar-refractivity contribution in [3.05, 3.63) is 11.4 Å². The number of carbonyl (C=O) groups excluding carboxylic acids is 2. The highest BCUT2D eigenvalue weighted by atomic mass is 79.9. The molecule has 0 aromatic rings. The third-order valence-corrected chi connectivity index (χ3v) is 3.39. The van der Waals surface area contributed by atoms with Crippen LogP contribution in [0.5, 0.6) is 0 Å². The van der Waals surface area contributed by atoms with Gasteiger partial charge in [-0.25, -0.2) is 0 Å².